The van der Waals surface area contributed by atoms with Crippen molar-refractivity contribution in [3.8, 4) is 17.1 Å². The second kappa shape index (κ2) is 9.39. The third-order valence-corrected chi connectivity index (χ3v) is 8.34. The van der Waals surface area contributed by atoms with Gasteiger partial charge in [0.05, 0.1) is 39.6 Å². The van der Waals surface area contributed by atoms with E-state index in [4.69, 9.17) is 10.5 Å². The van der Waals surface area contributed by atoms with E-state index in [1.54, 1.807) is 29.9 Å². The fourth-order valence-electron chi connectivity index (χ4n) is 6.34. The number of imidazole rings is 1. The predicted octanol–water partition coefficient (Wildman–Crippen LogP) is 4.07. The molecule has 10 nitrogen and oxygen atoms in total. The minimum Gasteiger partial charge on any atom is -0.478 e. The molecule has 3 aromatic heterocycles. The summed E-state index contributed by atoms with van der Waals surface area (Å²) in [6.07, 6.45) is 5.02. The number of pyridine rings is 1. The molecule has 1 saturated carbocycles. The van der Waals surface area contributed by atoms with Gasteiger partial charge in [-0.2, -0.15) is 5.10 Å². The van der Waals surface area contributed by atoms with E-state index < -0.39 is 5.97 Å². The number of nitrogens with zero attached hydrogens (tertiary/aromatic N) is 6. The number of aromatic nitrogens is 5. The number of anilines is 1. The number of nitrogen functional groups attached to an aromatic ring is 1. The number of hydrogen-bond acceptors (Lipinski definition) is 7. The number of halogens is 1. The SMILES string of the molecule is Cc1cc(C(=O)O)cc(-c2cnn(C)c2OCCN2CC3CCC(n4c(N)nc5ccc(Br)cc54)(C3)C2)n1. The first-order valence-electron chi connectivity index (χ1n) is 12.8. The lowest BCUT2D eigenvalue weighted by molar-refractivity contribution is 0.0696. The van der Waals surface area contributed by atoms with E-state index in [1.807, 2.05) is 19.2 Å². The van der Waals surface area contributed by atoms with Crippen LogP contribution in [0.5, 0.6) is 5.88 Å². The van der Waals surface area contributed by atoms with Gasteiger partial charge in [0.15, 0.2) is 0 Å². The summed E-state index contributed by atoms with van der Waals surface area (Å²) in [5.41, 5.74) is 10.4. The van der Waals surface area contributed by atoms with Crippen molar-refractivity contribution in [1.82, 2.24) is 29.2 Å². The van der Waals surface area contributed by atoms with Crippen molar-refractivity contribution in [2.45, 2.75) is 31.7 Å². The molecule has 1 aliphatic heterocycles. The van der Waals surface area contributed by atoms with Crippen LogP contribution in [0.1, 0.15) is 35.3 Å². The Labute approximate surface area is 228 Å². The molecule has 1 aliphatic carbocycles. The maximum absolute atomic E-state index is 11.6. The van der Waals surface area contributed by atoms with Gasteiger partial charge in [-0.25, -0.2) is 14.5 Å². The standard InChI is InChI=1S/C27H30BrN7O3/c1-16-9-18(25(36)37)10-22(31-16)20-13-30-33(2)24(20)38-8-7-34-14-17-5-6-27(12-17,15-34)35-23-11-19(28)3-4-21(23)32-26(35)29/h3-4,9-11,13,17H,5-8,12,14-15H2,1-2H3,(H2,29,32)(H,36,37). The van der Waals surface area contributed by atoms with E-state index in [-0.39, 0.29) is 11.1 Å². The quantitative estimate of drug-likeness (QED) is 0.335. The summed E-state index contributed by atoms with van der Waals surface area (Å²) >= 11 is 3.61. The largest absolute Gasteiger partial charge is 0.478 e. The number of carbonyl (C=O) groups is 1. The van der Waals surface area contributed by atoms with Crippen LogP contribution >= 0.6 is 15.9 Å². The fourth-order valence-corrected chi connectivity index (χ4v) is 6.69. The molecule has 0 radical (unpaired) electrons. The molecule has 2 aliphatic rings. The molecular weight excluding hydrogens is 550 g/mol. The molecule has 1 aromatic carbocycles. The van der Waals surface area contributed by atoms with Crippen LogP contribution in [0.2, 0.25) is 0 Å². The Balaban J connectivity index is 1.21. The first-order chi connectivity index (χ1) is 18.2. The van der Waals surface area contributed by atoms with Gasteiger partial charge in [-0.1, -0.05) is 15.9 Å². The first kappa shape index (κ1) is 24.9. The van der Waals surface area contributed by atoms with E-state index in [0.29, 0.717) is 41.3 Å². The lowest BCUT2D eigenvalue weighted by atomic mass is 9.90. The molecule has 1 saturated heterocycles. The molecule has 198 valence electrons. The zero-order chi connectivity index (χ0) is 26.6. The lowest BCUT2D eigenvalue weighted by Crippen LogP contribution is -2.49. The number of piperidine rings is 1. The first-order valence-corrected chi connectivity index (χ1v) is 13.6. The Kier molecular flexibility index (Phi) is 6.14. The van der Waals surface area contributed by atoms with Gasteiger partial charge in [-0.15, -0.1) is 0 Å². The van der Waals surface area contributed by atoms with Crippen molar-refractivity contribution in [3.05, 3.63) is 52.3 Å². The number of carboxylic acid groups (broad SMARTS) is 1. The van der Waals surface area contributed by atoms with E-state index >= 15 is 0 Å². The Bertz CT molecular complexity index is 1550. The number of fused-ring (bicyclic) bond motifs is 3. The third-order valence-electron chi connectivity index (χ3n) is 7.84. The lowest BCUT2D eigenvalue weighted by Gasteiger charge is -2.42. The molecule has 4 aromatic rings. The molecule has 2 bridgehead atoms. The maximum Gasteiger partial charge on any atom is 0.335 e. The highest BCUT2D eigenvalue weighted by atomic mass is 79.9. The number of aromatic carboxylic acids is 1. The zero-order valence-corrected chi connectivity index (χ0v) is 23.0. The number of aryl methyl sites for hydroxylation is 2. The Hall–Kier alpha value is -3.44. The molecule has 6 rings (SSSR count). The number of ether oxygens (including phenoxy) is 1. The third kappa shape index (κ3) is 4.33. The highest BCUT2D eigenvalue weighted by Crippen LogP contribution is 2.47. The average Bonchev–Trinajstić information content (AvgIpc) is 3.50. The molecule has 2 unspecified atom stereocenters. The topological polar surface area (TPSA) is 124 Å². The summed E-state index contributed by atoms with van der Waals surface area (Å²) in [5, 5.41) is 13.8. The van der Waals surface area contributed by atoms with Gasteiger partial charge in [0.25, 0.3) is 0 Å². The Morgan fingerprint density at radius 2 is 2.13 bits per heavy atom. The van der Waals surface area contributed by atoms with Gasteiger partial charge in [-0.05, 0) is 62.4 Å². The number of rotatable bonds is 7. The number of benzene rings is 1. The van der Waals surface area contributed by atoms with Crippen LogP contribution in [0, 0.1) is 12.8 Å². The molecule has 11 heteroatoms. The van der Waals surface area contributed by atoms with Crippen LogP contribution in [-0.2, 0) is 12.6 Å². The van der Waals surface area contributed by atoms with Gasteiger partial charge < -0.3 is 20.1 Å². The maximum atomic E-state index is 11.6. The van der Waals surface area contributed by atoms with Crippen LogP contribution in [-0.4, -0.2) is 66.5 Å². The number of hydrogen-bond donors (Lipinski definition) is 2. The van der Waals surface area contributed by atoms with Crippen molar-refractivity contribution >= 4 is 38.9 Å². The summed E-state index contributed by atoms with van der Waals surface area (Å²) in [5.74, 6) is 0.757. The summed E-state index contributed by atoms with van der Waals surface area (Å²) in [4.78, 5) is 23.2. The van der Waals surface area contributed by atoms with E-state index in [2.05, 4.69) is 46.5 Å². The van der Waals surface area contributed by atoms with Crippen molar-refractivity contribution in [2.24, 2.45) is 13.0 Å². The monoisotopic (exact) mass is 579 g/mol. The molecule has 4 heterocycles. The van der Waals surface area contributed by atoms with Crippen LogP contribution < -0.4 is 10.5 Å². The molecule has 3 N–H and O–H groups in total. The highest BCUT2D eigenvalue weighted by molar-refractivity contribution is 9.10. The molecule has 2 atom stereocenters. The number of nitrogens with two attached hydrogens (primary N) is 1. The summed E-state index contributed by atoms with van der Waals surface area (Å²) in [7, 11) is 1.81. The Morgan fingerprint density at radius 1 is 1.29 bits per heavy atom. The number of carboxylic acids is 1. The second-order valence-corrected chi connectivity index (χ2v) is 11.4. The van der Waals surface area contributed by atoms with Crippen molar-refractivity contribution in [3.63, 3.8) is 0 Å². The molecule has 0 spiro atoms. The minimum absolute atomic E-state index is 0.0844. The highest BCUT2D eigenvalue weighted by Gasteiger charge is 2.47. The van der Waals surface area contributed by atoms with Crippen molar-refractivity contribution in [2.75, 3.05) is 32.0 Å². The van der Waals surface area contributed by atoms with E-state index in [9.17, 15) is 9.90 Å². The average molecular weight is 580 g/mol. The zero-order valence-electron chi connectivity index (χ0n) is 21.4. The van der Waals surface area contributed by atoms with Gasteiger partial charge in [-0.3, -0.25) is 9.88 Å². The summed E-state index contributed by atoms with van der Waals surface area (Å²) in [6, 6.07) is 9.24. The van der Waals surface area contributed by atoms with Gasteiger partial charge in [0.1, 0.15) is 6.61 Å². The van der Waals surface area contributed by atoms with Crippen molar-refractivity contribution < 1.29 is 14.6 Å². The van der Waals surface area contributed by atoms with Gasteiger partial charge in [0.2, 0.25) is 11.8 Å². The fraction of sp³-hybridized carbons (Fsp3) is 0.407. The van der Waals surface area contributed by atoms with Gasteiger partial charge in [0, 0.05) is 36.8 Å². The van der Waals surface area contributed by atoms with Crippen LogP contribution in [0.4, 0.5) is 5.95 Å². The molecule has 2 fully saturated rings. The predicted molar refractivity (Wildman–Crippen MR) is 147 cm³/mol. The smallest absolute Gasteiger partial charge is 0.335 e. The molecular formula is C27H30BrN7O3. The van der Waals surface area contributed by atoms with Crippen LogP contribution in [0.25, 0.3) is 22.3 Å². The summed E-state index contributed by atoms with van der Waals surface area (Å²) < 4.78 is 11.2. The van der Waals surface area contributed by atoms with Crippen molar-refractivity contribution in [1.29, 1.82) is 0 Å². The van der Waals surface area contributed by atoms with E-state index in [0.717, 1.165) is 48.0 Å². The normalized spacial score (nSPS) is 21.3. The Morgan fingerprint density at radius 3 is 2.95 bits per heavy atom. The number of likely N-dealkylation sites (tertiary alicyclic amines) is 1. The van der Waals surface area contributed by atoms with Crippen LogP contribution in [0.15, 0.2) is 41.0 Å². The van der Waals surface area contributed by atoms with E-state index in [1.165, 1.54) is 6.42 Å². The minimum atomic E-state index is -0.990. The second-order valence-electron chi connectivity index (χ2n) is 10.5. The summed E-state index contributed by atoms with van der Waals surface area (Å²) in [6.45, 7) is 4.91. The molecule has 38 heavy (non-hydrogen) atoms. The van der Waals surface area contributed by atoms with Gasteiger partial charge >= 0.3 is 5.97 Å². The molecule has 0 amide bonds. The van der Waals surface area contributed by atoms with Crippen LogP contribution in [0.3, 0.4) is 0 Å².